The monoisotopic (exact) mass is 567 g/mol. The van der Waals surface area contributed by atoms with Crippen molar-refractivity contribution < 1.29 is 4.74 Å². The Bertz CT molecular complexity index is 967. The van der Waals surface area contributed by atoms with Gasteiger partial charge >= 0.3 is 0 Å². The van der Waals surface area contributed by atoms with Crippen LogP contribution in [-0.4, -0.2) is 53.9 Å². The molecule has 8 nitrogen and oxygen atoms in total. The second kappa shape index (κ2) is 12.0. The van der Waals surface area contributed by atoms with Crippen molar-refractivity contribution in [2.45, 2.75) is 32.4 Å². The molecule has 0 unspecified atom stereocenters. The molecule has 2 aromatic heterocycles. The molecule has 1 aromatic carbocycles. The third-order valence-electron chi connectivity index (χ3n) is 5.26. The van der Waals surface area contributed by atoms with Crippen molar-refractivity contribution >= 4 is 46.3 Å². The van der Waals surface area contributed by atoms with Crippen LogP contribution in [-0.2, 0) is 6.54 Å². The average molecular weight is 568 g/mol. The Labute approximate surface area is 209 Å². The fourth-order valence-electron chi connectivity index (χ4n) is 3.60. The number of hydrogen-bond donors (Lipinski definition) is 3. The van der Waals surface area contributed by atoms with Crippen molar-refractivity contribution in [2.24, 2.45) is 4.99 Å². The van der Waals surface area contributed by atoms with Gasteiger partial charge in [0.2, 0.25) is 0 Å². The Kier molecular flexibility index (Phi) is 9.15. The summed E-state index contributed by atoms with van der Waals surface area (Å²) in [5, 5.41) is 17.7. The van der Waals surface area contributed by atoms with Crippen LogP contribution >= 0.6 is 35.3 Å². The maximum Gasteiger partial charge on any atom is 0.191 e. The van der Waals surface area contributed by atoms with E-state index in [1.165, 1.54) is 5.00 Å². The zero-order valence-electron chi connectivity index (χ0n) is 18.4. The highest BCUT2D eigenvalue weighted by molar-refractivity contribution is 14.0. The molecule has 0 bridgehead atoms. The molecule has 1 aliphatic heterocycles. The van der Waals surface area contributed by atoms with Crippen molar-refractivity contribution in [1.29, 1.82) is 0 Å². The van der Waals surface area contributed by atoms with E-state index >= 15 is 0 Å². The second-order valence-electron chi connectivity index (χ2n) is 7.39. The number of guanidine groups is 1. The molecule has 1 saturated heterocycles. The molecular formula is C22H30IN7OS. The minimum absolute atomic E-state index is 0. The molecule has 3 heterocycles. The van der Waals surface area contributed by atoms with Gasteiger partial charge in [0, 0.05) is 31.2 Å². The van der Waals surface area contributed by atoms with E-state index in [0.29, 0.717) is 18.4 Å². The largest absolute Gasteiger partial charge is 0.497 e. The van der Waals surface area contributed by atoms with Gasteiger partial charge in [-0.1, -0.05) is 0 Å². The molecule has 0 atom stereocenters. The number of thiophene rings is 1. The van der Waals surface area contributed by atoms with E-state index in [1.807, 2.05) is 35.6 Å². The van der Waals surface area contributed by atoms with Crippen molar-refractivity contribution in [1.82, 2.24) is 25.8 Å². The summed E-state index contributed by atoms with van der Waals surface area (Å²) in [6.45, 7) is 5.45. The number of nitrogens with zero attached hydrogens (tertiary/aromatic N) is 4. The molecule has 1 fully saturated rings. The standard InChI is InChI=1S/C22H29N7OS.HI/c1-3-23-22(25-17-10-12-29(13-11-17)20-5-4-14-31-20)24-15-19-26-21(28-27-19)16-6-8-18(30-2)9-7-16;/h4-9,14,17H,3,10-13,15H2,1-2H3,(H2,23,24,25)(H,26,27,28);1H. The van der Waals surface area contributed by atoms with Gasteiger partial charge < -0.3 is 20.3 Å². The Morgan fingerprint density at radius 2 is 2.03 bits per heavy atom. The lowest BCUT2D eigenvalue weighted by Crippen LogP contribution is -2.48. The number of H-pyrrole nitrogens is 1. The van der Waals surface area contributed by atoms with Gasteiger partial charge in [-0.3, -0.25) is 5.10 Å². The fraction of sp³-hybridized carbons (Fsp3) is 0.409. The van der Waals surface area contributed by atoms with Crippen LogP contribution in [0, 0.1) is 0 Å². The number of piperidine rings is 1. The van der Waals surface area contributed by atoms with E-state index in [4.69, 9.17) is 9.73 Å². The number of aromatic nitrogens is 3. The first kappa shape index (κ1) is 24.3. The lowest BCUT2D eigenvalue weighted by atomic mass is 10.1. The number of rotatable bonds is 7. The van der Waals surface area contributed by atoms with Gasteiger partial charge in [-0.15, -0.1) is 35.3 Å². The number of anilines is 1. The maximum atomic E-state index is 5.20. The Morgan fingerprint density at radius 1 is 1.25 bits per heavy atom. The molecule has 172 valence electrons. The third-order valence-corrected chi connectivity index (χ3v) is 6.19. The van der Waals surface area contributed by atoms with Gasteiger partial charge in [0.05, 0.1) is 12.1 Å². The predicted octanol–water partition coefficient (Wildman–Crippen LogP) is 3.88. The van der Waals surface area contributed by atoms with Crippen LogP contribution in [0.2, 0.25) is 0 Å². The summed E-state index contributed by atoms with van der Waals surface area (Å²) < 4.78 is 5.20. The van der Waals surface area contributed by atoms with Gasteiger partial charge in [-0.2, -0.15) is 5.10 Å². The quantitative estimate of drug-likeness (QED) is 0.228. The van der Waals surface area contributed by atoms with E-state index in [2.05, 4.69) is 55.2 Å². The number of aromatic amines is 1. The first-order valence-corrected chi connectivity index (χ1v) is 11.5. The molecular weight excluding hydrogens is 537 g/mol. The molecule has 1 aliphatic rings. The number of hydrogen-bond acceptors (Lipinski definition) is 6. The van der Waals surface area contributed by atoms with Gasteiger partial charge in [0.15, 0.2) is 11.8 Å². The number of ether oxygens (including phenoxy) is 1. The lowest BCUT2D eigenvalue weighted by Gasteiger charge is -2.33. The number of nitrogens with one attached hydrogen (secondary N) is 3. The van der Waals surface area contributed by atoms with Crippen LogP contribution in [0.25, 0.3) is 11.4 Å². The lowest BCUT2D eigenvalue weighted by molar-refractivity contribution is 0.415. The van der Waals surface area contributed by atoms with Crippen molar-refractivity contribution in [3.63, 3.8) is 0 Å². The van der Waals surface area contributed by atoms with Crippen LogP contribution in [0.3, 0.4) is 0 Å². The molecule has 4 rings (SSSR count). The molecule has 0 amide bonds. The molecule has 0 spiro atoms. The number of benzene rings is 1. The highest BCUT2D eigenvalue weighted by Gasteiger charge is 2.20. The summed E-state index contributed by atoms with van der Waals surface area (Å²) >= 11 is 1.81. The van der Waals surface area contributed by atoms with Crippen LogP contribution in [0.15, 0.2) is 46.8 Å². The van der Waals surface area contributed by atoms with Gasteiger partial charge in [0.25, 0.3) is 0 Å². The second-order valence-corrected chi connectivity index (χ2v) is 8.31. The summed E-state index contributed by atoms with van der Waals surface area (Å²) in [7, 11) is 1.65. The average Bonchev–Trinajstić information content (AvgIpc) is 3.51. The summed E-state index contributed by atoms with van der Waals surface area (Å²) in [6.07, 6.45) is 2.18. The van der Waals surface area contributed by atoms with E-state index in [9.17, 15) is 0 Å². The number of aliphatic imine (C=N–C) groups is 1. The first-order chi connectivity index (χ1) is 15.2. The van der Waals surface area contributed by atoms with Gasteiger partial charge in [-0.25, -0.2) is 9.98 Å². The smallest absolute Gasteiger partial charge is 0.191 e. The number of methoxy groups -OCH3 is 1. The Hall–Kier alpha value is -2.34. The molecule has 10 heteroatoms. The summed E-state index contributed by atoms with van der Waals surface area (Å²) in [5.41, 5.74) is 0.940. The van der Waals surface area contributed by atoms with E-state index in [-0.39, 0.29) is 24.0 Å². The third kappa shape index (κ3) is 6.35. The Morgan fingerprint density at radius 3 is 2.69 bits per heavy atom. The normalized spacial score (nSPS) is 14.7. The fourth-order valence-corrected chi connectivity index (χ4v) is 4.38. The SMILES string of the molecule is CCNC(=NCc1nc(-c2ccc(OC)cc2)n[nH]1)NC1CCN(c2cccs2)CC1.I. The van der Waals surface area contributed by atoms with Crippen molar-refractivity contribution in [3.8, 4) is 17.1 Å². The van der Waals surface area contributed by atoms with Gasteiger partial charge in [0.1, 0.15) is 18.1 Å². The topological polar surface area (TPSA) is 90.5 Å². The first-order valence-electron chi connectivity index (χ1n) is 10.6. The summed E-state index contributed by atoms with van der Waals surface area (Å²) in [4.78, 5) is 11.7. The van der Waals surface area contributed by atoms with E-state index < -0.39 is 0 Å². The minimum atomic E-state index is 0. The summed E-state index contributed by atoms with van der Waals surface area (Å²) in [6, 6.07) is 12.4. The summed E-state index contributed by atoms with van der Waals surface area (Å²) in [5.74, 6) is 3.02. The van der Waals surface area contributed by atoms with Crippen LogP contribution < -0.4 is 20.3 Å². The predicted molar refractivity (Wildman–Crippen MR) is 141 cm³/mol. The number of halogens is 1. The molecule has 0 radical (unpaired) electrons. The van der Waals surface area contributed by atoms with E-state index in [0.717, 1.165) is 55.6 Å². The maximum absolute atomic E-state index is 5.20. The van der Waals surface area contributed by atoms with Crippen LogP contribution in [0.1, 0.15) is 25.6 Å². The molecule has 0 aliphatic carbocycles. The van der Waals surface area contributed by atoms with E-state index in [1.54, 1.807) is 7.11 Å². The zero-order valence-corrected chi connectivity index (χ0v) is 21.5. The van der Waals surface area contributed by atoms with Crippen LogP contribution in [0.4, 0.5) is 5.00 Å². The van der Waals surface area contributed by atoms with Crippen molar-refractivity contribution in [3.05, 3.63) is 47.6 Å². The van der Waals surface area contributed by atoms with Crippen LogP contribution in [0.5, 0.6) is 5.75 Å². The zero-order chi connectivity index (χ0) is 21.5. The van der Waals surface area contributed by atoms with Crippen molar-refractivity contribution in [2.75, 3.05) is 31.6 Å². The highest BCUT2D eigenvalue weighted by atomic mass is 127. The van der Waals surface area contributed by atoms with Gasteiger partial charge in [-0.05, 0) is 61.5 Å². The molecule has 3 aromatic rings. The minimum Gasteiger partial charge on any atom is -0.497 e. The highest BCUT2D eigenvalue weighted by Crippen LogP contribution is 2.24. The Balaban J connectivity index is 0.00000289. The molecule has 3 N–H and O–H groups in total. The molecule has 0 saturated carbocycles. The molecule has 32 heavy (non-hydrogen) atoms.